The Hall–Kier alpha value is -3.29. The second kappa shape index (κ2) is 6.95. The Morgan fingerprint density at radius 1 is 1.17 bits per heavy atom. The molecule has 1 unspecified atom stereocenters. The molecule has 1 aliphatic heterocycles. The van der Waals surface area contributed by atoms with Gasteiger partial charge in [0.1, 0.15) is 11.3 Å². The van der Waals surface area contributed by atoms with Crippen molar-refractivity contribution in [2.75, 3.05) is 24.6 Å². The van der Waals surface area contributed by atoms with E-state index in [4.69, 9.17) is 21.3 Å². The van der Waals surface area contributed by atoms with Gasteiger partial charge in [-0.25, -0.2) is 4.79 Å². The summed E-state index contributed by atoms with van der Waals surface area (Å²) in [5.41, 5.74) is 15.4. The molecule has 8 nitrogen and oxygen atoms in total. The number of aromatic nitrogens is 3. The third kappa shape index (κ3) is 3.70. The van der Waals surface area contributed by atoms with Crippen LogP contribution in [0.15, 0.2) is 36.7 Å². The fourth-order valence-electron chi connectivity index (χ4n) is 3.66. The molecular formula is C21H26N6O2. The first-order chi connectivity index (χ1) is 13.7. The summed E-state index contributed by atoms with van der Waals surface area (Å²) in [6.07, 6.45) is 3.89. The van der Waals surface area contributed by atoms with Crippen LogP contribution < -0.4 is 11.5 Å². The van der Waals surface area contributed by atoms with Crippen molar-refractivity contribution in [3.05, 3.63) is 36.7 Å². The number of ether oxygens (including phenoxy) is 1. The Bertz CT molecular complexity index is 1050. The van der Waals surface area contributed by atoms with Gasteiger partial charge in [-0.05, 0) is 39.3 Å². The van der Waals surface area contributed by atoms with Crippen molar-refractivity contribution in [3.63, 3.8) is 0 Å². The first kappa shape index (κ1) is 19.0. The summed E-state index contributed by atoms with van der Waals surface area (Å²) >= 11 is 0. The number of nitrogens with two attached hydrogens (primary N) is 2. The second-order valence-corrected chi connectivity index (χ2v) is 8.41. The van der Waals surface area contributed by atoms with Crippen LogP contribution in [0.3, 0.4) is 0 Å². The molecule has 1 atom stereocenters. The Morgan fingerprint density at radius 3 is 2.59 bits per heavy atom. The summed E-state index contributed by atoms with van der Waals surface area (Å²) in [5.74, 6) is 0. The van der Waals surface area contributed by atoms with Crippen LogP contribution in [-0.2, 0) is 4.74 Å². The van der Waals surface area contributed by atoms with Gasteiger partial charge in [0, 0.05) is 24.3 Å². The number of likely N-dealkylation sites (tertiary alicyclic amines) is 1. The Labute approximate surface area is 169 Å². The van der Waals surface area contributed by atoms with Crippen molar-refractivity contribution in [2.45, 2.75) is 38.8 Å². The number of anilines is 2. The number of hydrogen-bond acceptors (Lipinski definition) is 6. The van der Waals surface area contributed by atoms with Gasteiger partial charge in [-0.15, -0.1) is 0 Å². The minimum absolute atomic E-state index is 0.0242. The van der Waals surface area contributed by atoms with Crippen LogP contribution in [-0.4, -0.2) is 44.4 Å². The number of nitrogen functional groups attached to an aromatic ring is 2. The van der Waals surface area contributed by atoms with E-state index >= 15 is 0 Å². The molecule has 1 fully saturated rings. The summed E-state index contributed by atoms with van der Waals surface area (Å²) in [6, 6.07) is 7.58. The Kier molecular flexibility index (Phi) is 4.56. The zero-order chi connectivity index (χ0) is 20.8. The molecule has 2 aromatic heterocycles. The molecule has 1 amide bonds. The first-order valence-electron chi connectivity index (χ1n) is 9.68. The smallest absolute Gasteiger partial charge is 0.410 e. The van der Waals surface area contributed by atoms with E-state index in [1.54, 1.807) is 17.3 Å². The van der Waals surface area contributed by atoms with E-state index in [0.29, 0.717) is 24.5 Å². The van der Waals surface area contributed by atoms with Gasteiger partial charge in [0.05, 0.1) is 35.0 Å². The Morgan fingerprint density at radius 2 is 1.90 bits per heavy atom. The van der Waals surface area contributed by atoms with Crippen molar-refractivity contribution in [1.82, 2.24) is 19.7 Å². The molecular weight excluding hydrogens is 368 g/mol. The number of carbonyl (C=O) groups is 1. The van der Waals surface area contributed by atoms with E-state index in [9.17, 15) is 4.79 Å². The van der Waals surface area contributed by atoms with Crippen LogP contribution in [0.1, 0.15) is 33.2 Å². The van der Waals surface area contributed by atoms with Gasteiger partial charge in [-0.2, -0.15) is 5.10 Å². The fraction of sp³-hybridized carbons (Fsp3) is 0.381. The minimum Gasteiger partial charge on any atom is -0.444 e. The van der Waals surface area contributed by atoms with Gasteiger partial charge in [-0.1, -0.05) is 12.1 Å². The highest BCUT2D eigenvalue weighted by molar-refractivity contribution is 6.01. The summed E-state index contributed by atoms with van der Waals surface area (Å²) in [4.78, 5) is 18.4. The van der Waals surface area contributed by atoms with E-state index in [1.807, 2.05) is 49.7 Å². The minimum atomic E-state index is -0.520. The number of amides is 1. The summed E-state index contributed by atoms with van der Waals surface area (Å²) < 4.78 is 7.45. The number of carbonyl (C=O) groups excluding carboxylic acids is 1. The van der Waals surface area contributed by atoms with E-state index in [1.165, 1.54) is 0 Å². The summed E-state index contributed by atoms with van der Waals surface area (Å²) in [7, 11) is 0. The van der Waals surface area contributed by atoms with Crippen molar-refractivity contribution in [1.29, 1.82) is 0 Å². The molecule has 4 rings (SSSR count). The van der Waals surface area contributed by atoms with Crippen LogP contribution in [0.2, 0.25) is 0 Å². The van der Waals surface area contributed by atoms with Crippen LogP contribution in [0.4, 0.5) is 16.2 Å². The lowest BCUT2D eigenvalue weighted by Gasteiger charge is -2.24. The maximum atomic E-state index is 12.4. The maximum absolute atomic E-state index is 12.4. The quantitative estimate of drug-likeness (QED) is 0.644. The molecule has 152 valence electrons. The number of pyridine rings is 1. The zero-order valence-corrected chi connectivity index (χ0v) is 16.9. The fourth-order valence-corrected chi connectivity index (χ4v) is 3.66. The normalized spacial score (nSPS) is 17.1. The van der Waals surface area contributed by atoms with Crippen molar-refractivity contribution < 1.29 is 9.53 Å². The predicted molar refractivity (Wildman–Crippen MR) is 113 cm³/mol. The molecule has 29 heavy (non-hydrogen) atoms. The highest BCUT2D eigenvalue weighted by Crippen LogP contribution is 2.35. The van der Waals surface area contributed by atoms with E-state index in [0.717, 1.165) is 28.6 Å². The van der Waals surface area contributed by atoms with Gasteiger partial charge >= 0.3 is 6.09 Å². The first-order valence-corrected chi connectivity index (χ1v) is 9.68. The molecule has 0 spiro atoms. The average molecular weight is 394 g/mol. The number of fused-ring (bicyclic) bond motifs is 1. The standard InChI is InChI=1S/C21H26N6O2/c1-21(2,3)29-20(28)26-9-8-15(12-26)27-17-11-24-10-16(23)18(17)19(25-27)13-4-6-14(22)7-5-13/h4-7,10-11,15H,8-9,12,22-23H2,1-3H3. The van der Waals surface area contributed by atoms with Crippen LogP contribution in [0.5, 0.6) is 0 Å². The van der Waals surface area contributed by atoms with Crippen LogP contribution in [0.25, 0.3) is 22.2 Å². The third-order valence-electron chi connectivity index (χ3n) is 4.99. The number of nitrogens with zero attached hydrogens (tertiary/aromatic N) is 4. The third-order valence-corrected chi connectivity index (χ3v) is 4.99. The highest BCUT2D eigenvalue weighted by atomic mass is 16.6. The van der Waals surface area contributed by atoms with Gasteiger partial charge < -0.3 is 21.1 Å². The molecule has 4 N–H and O–H groups in total. The van der Waals surface area contributed by atoms with Crippen molar-refractivity contribution in [2.24, 2.45) is 0 Å². The molecule has 0 radical (unpaired) electrons. The molecule has 0 aliphatic carbocycles. The van der Waals surface area contributed by atoms with Crippen molar-refractivity contribution in [3.8, 4) is 11.3 Å². The van der Waals surface area contributed by atoms with E-state index in [2.05, 4.69) is 4.98 Å². The number of benzene rings is 1. The monoisotopic (exact) mass is 394 g/mol. The lowest BCUT2D eigenvalue weighted by molar-refractivity contribution is 0.0288. The SMILES string of the molecule is CC(C)(C)OC(=O)N1CCC(n2nc(-c3ccc(N)cc3)c3c(N)cncc32)C1. The molecule has 8 heteroatoms. The molecule has 3 heterocycles. The van der Waals surface area contributed by atoms with E-state index < -0.39 is 5.60 Å². The number of hydrogen-bond donors (Lipinski definition) is 2. The summed E-state index contributed by atoms with van der Waals surface area (Å²) in [6.45, 7) is 6.75. The highest BCUT2D eigenvalue weighted by Gasteiger charge is 2.32. The molecule has 1 aliphatic rings. The maximum Gasteiger partial charge on any atom is 0.410 e. The topological polar surface area (TPSA) is 112 Å². The predicted octanol–water partition coefficient (Wildman–Crippen LogP) is 3.44. The van der Waals surface area contributed by atoms with Crippen LogP contribution in [0, 0.1) is 0 Å². The molecule has 3 aromatic rings. The molecule has 0 saturated carbocycles. The van der Waals surface area contributed by atoms with Crippen molar-refractivity contribution >= 4 is 28.4 Å². The lowest BCUT2D eigenvalue weighted by atomic mass is 10.1. The van der Waals surface area contributed by atoms with E-state index in [-0.39, 0.29) is 12.1 Å². The van der Waals surface area contributed by atoms with Gasteiger partial charge in [-0.3, -0.25) is 9.67 Å². The van der Waals surface area contributed by atoms with Crippen LogP contribution >= 0.6 is 0 Å². The van der Waals surface area contributed by atoms with Gasteiger partial charge in [0.25, 0.3) is 0 Å². The summed E-state index contributed by atoms with van der Waals surface area (Å²) in [5, 5.41) is 5.74. The van der Waals surface area contributed by atoms with Gasteiger partial charge in [0.2, 0.25) is 0 Å². The molecule has 0 bridgehead atoms. The number of rotatable bonds is 2. The Balaban J connectivity index is 1.69. The average Bonchev–Trinajstić information content (AvgIpc) is 3.26. The lowest BCUT2D eigenvalue weighted by Crippen LogP contribution is -2.35. The zero-order valence-electron chi connectivity index (χ0n) is 16.9. The van der Waals surface area contributed by atoms with Gasteiger partial charge in [0.15, 0.2) is 0 Å². The second-order valence-electron chi connectivity index (χ2n) is 8.41. The molecule has 1 aromatic carbocycles. The molecule has 1 saturated heterocycles. The largest absolute Gasteiger partial charge is 0.444 e.